The van der Waals surface area contributed by atoms with E-state index in [2.05, 4.69) is 5.32 Å². The molecule has 0 aromatic heterocycles. The highest BCUT2D eigenvalue weighted by Gasteiger charge is 2.21. The van der Waals surface area contributed by atoms with Crippen molar-refractivity contribution >= 4 is 18.3 Å². The van der Waals surface area contributed by atoms with E-state index in [1.165, 1.54) is 0 Å². The van der Waals surface area contributed by atoms with Crippen LogP contribution in [0.2, 0.25) is 0 Å². The van der Waals surface area contributed by atoms with Gasteiger partial charge in [0.1, 0.15) is 0 Å². The molecule has 0 aliphatic heterocycles. The van der Waals surface area contributed by atoms with Crippen molar-refractivity contribution in [3.8, 4) is 11.5 Å². The van der Waals surface area contributed by atoms with Crippen LogP contribution in [0.25, 0.3) is 0 Å². The number of rotatable bonds is 9. The zero-order valence-corrected chi connectivity index (χ0v) is 15.3. The molecule has 1 aromatic rings. The summed E-state index contributed by atoms with van der Waals surface area (Å²) in [6.45, 7) is 9.38. The van der Waals surface area contributed by atoms with Gasteiger partial charge in [-0.05, 0) is 44.9 Å². The standard InChI is InChI=1S/C17H28N2O3.ClH/c1-5-17(18,6-2)12-19-16(20)13-9-10-14(21-7-3)15(11-13)22-8-4;/h9-11H,5-8,12,18H2,1-4H3,(H,19,20);1H. The molecule has 0 fully saturated rings. The van der Waals surface area contributed by atoms with Gasteiger partial charge in [0.25, 0.3) is 5.91 Å². The van der Waals surface area contributed by atoms with Gasteiger partial charge in [-0.25, -0.2) is 0 Å². The molecular weight excluding hydrogens is 316 g/mol. The molecule has 0 saturated carbocycles. The van der Waals surface area contributed by atoms with Gasteiger partial charge in [-0.2, -0.15) is 0 Å². The maximum absolute atomic E-state index is 12.3. The molecule has 1 aromatic carbocycles. The minimum absolute atomic E-state index is 0. The van der Waals surface area contributed by atoms with Crippen LogP contribution in [0.1, 0.15) is 50.9 Å². The van der Waals surface area contributed by atoms with Crippen molar-refractivity contribution < 1.29 is 14.3 Å². The van der Waals surface area contributed by atoms with Crippen molar-refractivity contribution in [1.29, 1.82) is 0 Å². The Morgan fingerprint density at radius 2 is 1.65 bits per heavy atom. The Kier molecular flexibility index (Phi) is 9.68. The zero-order valence-electron chi connectivity index (χ0n) is 14.5. The summed E-state index contributed by atoms with van der Waals surface area (Å²) in [5, 5.41) is 2.90. The fraction of sp³-hybridized carbons (Fsp3) is 0.588. The van der Waals surface area contributed by atoms with E-state index in [4.69, 9.17) is 15.2 Å². The van der Waals surface area contributed by atoms with Crippen LogP contribution in [0.3, 0.4) is 0 Å². The van der Waals surface area contributed by atoms with Gasteiger partial charge in [-0.1, -0.05) is 13.8 Å². The quantitative estimate of drug-likeness (QED) is 0.721. The number of carbonyl (C=O) groups excluding carboxylic acids is 1. The SMILES string of the molecule is CCOc1ccc(C(=O)NCC(N)(CC)CC)cc1OCC.Cl. The van der Waals surface area contributed by atoms with Crippen molar-refractivity contribution in [1.82, 2.24) is 5.32 Å². The molecule has 23 heavy (non-hydrogen) atoms. The Labute approximate surface area is 145 Å². The van der Waals surface area contributed by atoms with E-state index in [-0.39, 0.29) is 23.9 Å². The topological polar surface area (TPSA) is 73.6 Å². The molecule has 1 amide bonds. The summed E-state index contributed by atoms with van der Waals surface area (Å²) in [6.07, 6.45) is 1.63. The highest BCUT2D eigenvalue weighted by molar-refractivity contribution is 5.94. The van der Waals surface area contributed by atoms with Crippen LogP contribution in [0.15, 0.2) is 18.2 Å². The lowest BCUT2D eigenvalue weighted by molar-refractivity contribution is 0.0941. The zero-order chi connectivity index (χ0) is 16.6. The first-order chi connectivity index (χ1) is 10.5. The highest BCUT2D eigenvalue weighted by Crippen LogP contribution is 2.28. The number of benzene rings is 1. The summed E-state index contributed by atoms with van der Waals surface area (Å²) < 4.78 is 11.0. The molecule has 0 atom stereocenters. The molecule has 5 nitrogen and oxygen atoms in total. The van der Waals surface area contributed by atoms with Crippen molar-refractivity contribution in [2.75, 3.05) is 19.8 Å². The molecule has 0 radical (unpaired) electrons. The average molecular weight is 345 g/mol. The number of ether oxygens (including phenoxy) is 2. The average Bonchev–Trinajstić information content (AvgIpc) is 2.54. The first-order valence-electron chi connectivity index (χ1n) is 7.96. The van der Waals surface area contributed by atoms with Gasteiger partial charge in [0.05, 0.1) is 13.2 Å². The van der Waals surface area contributed by atoms with Crippen LogP contribution in [-0.4, -0.2) is 31.2 Å². The summed E-state index contributed by atoms with van der Waals surface area (Å²) in [5.41, 5.74) is 6.39. The molecule has 6 heteroatoms. The number of hydrogen-bond donors (Lipinski definition) is 2. The molecular formula is C17H29ClN2O3. The Bertz CT molecular complexity index is 491. The van der Waals surface area contributed by atoms with Gasteiger partial charge in [0, 0.05) is 17.6 Å². The Morgan fingerprint density at radius 1 is 1.09 bits per heavy atom. The van der Waals surface area contributed by atoms with Gasteiger partial charge in [0.15, 0.2) is 11.5 Å². The third-order valence-electron chi connectivity index (χ3n) is 3.81. The summed E-state index contributed by atoms with van der Waals surface area (Å²) in [7, 11) is 0. The van der Waals surface area contributed by atoms with Gasteiger partial charge in [-0.15, -0.1) is 12.4 Å². The van der Waals surface area contributed by atoms with Gasteiger partial charge >= 0.3 is 0 Å². The monoisotopic (exact) mass is 344 g/mol. The van der Waals surface area contributed by atoms with Gasteiger partial charge in [-0.3, -0.25) is 4.79 Å². The van der Waals surface area contributed by atoms with E-state index < -0.39 is 0 Å². The van der Waals surface area contributed by atoms with E-state index >= 15 is 0 Å². The van der Waals surface area contributed by atoms with E-state index in [1.54, 1.807) is 18.2 Å². The predicted molar refractivity (Wildman–Crippen MR) is 95.9 cm³/mol. The number of nitrogens with one attached hydrogen (secondary N) is 1. The maximum atomic E-state index is 12.3. The molecule has 1 rings (SSSR count). The smallest absolute Gasteiger partial charge is 0.251 e. The Balaban J connectivity index is 0.00000484. The normalized spacial score (nSPS) is 10.7. The fourth-order valence-corrected chi connectivity index (χ4v) is 2.05. The van der Waals surface area contributed by atoms with Crippen molar-refractivity contribution in [3.63, 3.8) is 0 Å². The van der Waals surface area contributed by atoms with Crippen molar-refractivity contribution in [2.24, 2.45) is 5.73 Å². The molecule has 0 heterocycles. The second kappa shape index (κ2) is 10.3. The minimum Gasteiger partial charge on any atom is -0.490 e. The summed E-state index contributed by atoms with van der Waals surface area (Å²) in [5.74, 6) is 1.08. The summed E-state index contributed by atoms with van der Waals surface area (Å²) >= 11 is 0. The van der Waals surface area contributed by atoms with E-state index in [9.17, 15) is 4.79 Å². The molecule has 0 unspecified atom stereocenters. The lowest BCUT2D eigenvalue weighted by atomic mass is 9.94. The van der Waals surface area contributed by atoms with E-state index in [0.29, 0.717) is 36.8 Å². The van der Waals surface area contributed by atoms with Crippen LogP contribution >= 0.6 is 12.4 Å². The van der Waals surface area contributed by atoms with Crippen LogP contribution in [0.4, 0.5) is 0 Å². The number of amides is 1. The Morgan fingerprint density at radius 3 is 2.17 bits per heavy atom. The van der Waals surface area contributed by atoms with E-state index in [0.717, 1.165) is 12.8 Å². The highest BCUT2D eigenvalue weighted by atomic mass is 35.5. The van der Waals surface area contributed by atoms with Crippen LogP contribution in [-0.2, 0) is 0 Å². The number of halogens is 1. The first-order valence-corrected chi connectivity index (χ1v) is 7.96. The third-order valence-corrected chi connectivity index (χ3v) is 3.81. The van der Waals surface area contributed by atoms with Crippen LogP contribution < -0.4 is 20.5 Å². The van der Waals surface area contributed by atoms with E-state index in [1.807, 2.05) is 27.7 Å². The van der Waals surface area contributed by atoms with Crippen molar-refractivity contribution in [3.05, 3.63) is 23.8 Å². The first kappa shape index (κ1) is 21.5. The molecule has 0 spiro atoms. The van der Waals surface area contributed by atoms with Crippen LogP contribution in [0, 0.1) is 0 Å². The lowest BCUT2D eigenvalue weighted by Gasteiger charge is -2.26. The number of carbonyl (C=O) groups is 1. The molecule has 132 valence electrons. The van der Waals surface area contributed by atoms with Crippen LogP contribution in [0.5, 0.6) is 11.5 Å². The summed E-state index contributed by atoms with van der Waals surface area (Å²) in [6, 6.07) is 5.21. The van der Waals surface area contributed by atoms with Gasteiger partial charge in [0.2, 0.25) is 0 Å². The second-order valence-corrected chi connectivity index (χ2v) is 5.28. The number of hydrogen-bond acceptors (Lipinski definition) is 4. The molecule has 0 bridgehead atoms. The Hall–Kier alpha value is -1.46. The summed E-state index contributed by atoms with van der Waals surface area (Å²) in [4.78, 5) is 12.3. The molecule has 0 aliphatic carbocycles. The third kappa shape index (κ3) is 6.28. The predicted octanol–water partition coefficient (Wildman–Crippen LogP) is 3.15. The lowest BCUT2D eigenvalue weighted by Crippen LogP contribution is -2.49. The largest absolute Gasteiger partial charge is 0.490 e. The molecule has 0 aliphatic rings. The second-order valence-electron chi connectivity index (χ2n) is 5.28. The molecule has 3 N–H and O–H groups in total. The maximum Gasteiger partial charge on any atom is 0.251 e. The number of nitrogens with two attached hydrogens (primary N) is 1. The fourth-order valence-electron chi connectivity index (χ4n) is 2.05. The minimum atomic E-state index is -0.357. The van der Waals surface area contributed by atoms with Crippen molar-refractivity contribution in [2.45, 2.75) is 46.1 Å². The van der Waals surface area contributed by atoms with Gasteiger partial charge < -0.3 is 20.5 Å². The molecule has 0 saturated heterocycles.